The number of rotatable bonds is 13. The van der Waals surface area contributed by atoms with Crippen molar-refractivity contribution in [2.24, 2.45) is 0 Å². The van der Waals surface area contributed by atoms with Gasteiger partial charge in [0.2, 0.25) is 5.91 Å². The molecule has 5 rings (SSSR count). The summed E-state index contributed by atoms with van der Waals surface area (Å²) in [6, 6.07) is 8.16. The standard InChI is InChI=1S/C37H59NO18/c1-15-21(38-20(39)13-37(5,6)47)25(43)31(48-7)36(50-15)55-30-24(42)18(4)51-33(28(30)46)54-29-23(41)17(3)52-34(27(29)45)56-32-26(44)22(40)16(2)53-35(32)49-14-19-11-9-8-10-12-19/h8-12,15-18,21-36,40-47H,13-14H2,1-7H3,(H,38,39)/t15-,16+,17+,18+,21-,22+,23+,24+,25+,26-,27-,28-,29-,30-,31-,32-,33+,34+,35-,36+/m1/s1. The van der Waals surface area contributed by atoms with Crippen molar-refractivity contribution in [1.29, 1.82) is 0 Å². The monoisotopic (exact) mass is 805 g/mol. The van der Waals surface area contributed by atoms with E-state index in [0.717, 1.165) is 5.56 Å². The average molecular weight is 806 g/mol. The van der Waals surface area contributed by atoms with E-state index in [0.29, 0.717) is 0 Å². The summed E-state index contributed by atoms with van der Waals surface area (Å²) in [7, 11) is 1.27. The quantitative estimate of drug-likeness (QED) is 0.0999. The van der Waals surface area contributed by atoms with Crippen LogP contribution in [0.4, 0.5) is 0 Å². The Balaban J connectivity index is 1.27. The van der Waals surface area contributed by atoms with E-state index in [1.807, 2.05) is 30.3 Å². The van der Waals surface area contributed by atoms with Crippen LogP contribution in [0.3, 0.4) is 0 Å². The van der Waals surface area contributed by atoms with Crippen molar-refractivity contribution in [2.75, 3.05) is 7.11 Å². The third-order valence-corrected chi connectivity index (χ3v) is 10.5. The van der Waals surface area contributed by atoms with Gasteiger partial charge in [0.1, 0.15) is 67.1 Å². The van der Waals surface area contributed by atoms with Gasteiger partial charge in [-0.3, -0.25) is 4.79 Å². The molecule has 56 heavy (non-hydrogen) atoms. The van der Waals surface area contributed by atoms with Crippen LogP contribution in [0.1, 0.15) is 53.5 Å². The fourth-order valence-electron chi connectivity index (χ4n) is 7.25. The molecule has 0 unspecified atom stereocenters. The Kier molecular flexibility index (Phi) is 15.3. The van der Waals surface area contributed by atoms with Gasteiger partial charge in [-0.1, -0.05) is 30.3 Å². The number of methoxy groups -OCH3 is 1. The van der Waals surface area contributed by atoms with Crippen molar-refractivity contribution in [3.05, 3.63) is 35.9 Å². The van der Waals surface area contributed by atoms with Crippen LogP contribution < -0.4 is 5.32 Å². The Hall–Kier alpha value is -1.99. The lowest BCUT2D eigenvalue weighted by molar-refractivity contribution is -0.388. The van der Waals surface area contributed by atoms with E-state index >= 15 is 0 Å². The van der Waals surface area contributed by atoms with E-state index in [4.69, 9.17) is 42.6 Å². The van der Waals surface area contributed by atoms with Crippen LogP contribution in [0.25, 0.3) is 0 Å². The van der Waals surface area contributed by atoms with Gasteiger partial charge in [-0.25, -0.2) is 0 Å². The first-order chi connectivity index (χ1) is 26.3. The van der Waals surface area contributed by atoms with Gasteiger partial charge < -0.3 is 88.8 Å². The molecule has 4 saturated heterocycles. The zero-order chi connectivity index (χ0) is 41.2. The molecule has 0 bridgehead atoms. The number of aliphatic hydroxyl groups excluding tert-OH is 7. The van der Waals surface area contributed by atoms with Gasteiger partial charge in [-0.15, -0.1) is 0 Å². The van der Waals surface area contributed by atoms with Crippen LogP contribution >= 0.6 is 0 Å². The lowest BCUT2D eigenvalue weighted by Gasteiger charge is -2.49. The zero-order valence-electron chi connectivity index (χ0n) is 32.5. The molecule has 20 atom stereocenters. The summed E-state index contributed by atoms with van der Waals surface area (Å²) in [6.07, 6.45) is -26.4. The molecule has 0 saturated carbocycles. The lowest BCUT2D eigenvalue weighted by atomic mass is 9.94. The molecule has 320 valence electrons. The molecule has 4 heterocycles. The summed E-state index contributed by atoms with van der Waals surface area (Å²) in [5.74, 6) is -0.540. The summed E-state index contributed by atoms with van der Waals surface area (Å²) in [5.41, 5.74) is -0.506. The van der Waals surface area contributed by atoms with E-state index in [1.54, 1.807) is 13.8 Å². The highest BCUT2D eigenvalue weighted by molar-refractivity contribution is 5.77. The lowest BCUT2D eigenvalue weighted by Crippen LogP contribution is -2.67. The van der Waals surface area contributed by atoms with Crippen molar-refractivity contribution >= 4 is 5.91 Å². The van der Waals surface area contributed by atoms with Gasteiger partial charge in [-0.05, 0) is 47.1 Å². The fourth-order valence-corrected chi connectivity index (χ4v) is 7.25. The molecular formula is C37H59NO18. The second-order valence-electron chi connectivity index (χ2n) is 15.7. The molecule has 0 spiro atoms. The van der Waals surface area contributed by atoms with Crippen molar-refractivity contribution in [2.45, 2.75) is 183 Å². The Morgan fingerprint density at radius 2 is 1.11 bits per heavy atom. The molecule has 4 aliphatic rings. The van der Waals surface area contributed by atoms with Crippen LogP contribution in [-0.4, -0.2) is 182 Å². The predicted molar refractivity (Wildman–Crippen MR) is 189 cm³/mol. The van der Waals surface area contributed by atoms with E-state index in [9.17, 15) is 45.6 Å². The minimum absolute atomic E-state index is 0.0647. The molecule has 0 aliphatic carbocycles. The van der Waals surface area contributed by atoms with Gasteiger partial charge in [0.15, 0.2) is 25.2 Å². The summed E-state index contributed by atoms with van der Waals surface area (Å²) in [6.45, 7) is 9.07. The number of carbonyl (C=O) groups is 1. The van der Waals surface area contributed by atoms with Gasteiger partial charge in [-0.2, -0.15) is 0 Å². The number of hydrogen-bond donors (Lipinski definition) is 9. The maximum absolute atomic E-state index is 12.6. The number of benzene rings is 1. The number of aliphatic hydroxyl groups is 8. The summed E-state index contributed by atoms with van der Waals surface area (Å²) >= 11 is 0. The zero-order valence-corrected chi connectivity index (χ0v) is 32.5. The highest BCUT2D eigenvalue weighted by Crippen LogP contribution is 2.35. The van der Waals surface area contributed by atoms with Crippen molar-refractivity contribution < 1.29 is 88.3 Å². The highest BCUT2D eigenvalue weighted by Gasteiger charge is 2.54. The molecule has 9 N–H and O–H groups in total. The van der Waals surface area contributed by atoms with Crippen LogP contribution in [0.5, 0.6) is 0 Å². The first kappa shape index (κ1) is 45.1. The maximum Gasteiger partial charge on any atom is 0.223 e. The molecule has 0 aromatic heterocycles. The van der Waals surface area contributed by atoms with Gasteiger partial charge >= 0.3 is 0 Å². The second-order valence-corrected chi connectivity index (χ2v) is 15.7. The van der Waals surface area contributed by atoms with Crippen molar-refractivity contribution in [3.8, 4) is 0 Å². The van der Waals surface area contributed by atoms with Crippen LogP contribution in [0.15, 0.2) is 30.3 Å². The fraction of sp³-hybridized carbons (Fsp3) is 0.811. The minimum Gasteiger partial charge on any atom is -0.390 e. The molecule has 4 aliphatic heterocycles. The molecule has 19 heteroatoms. The number of hydrogen-bond acceptors (Lipinski definition) is 18. The number of carbonyl (C=O) groups excluding carboxylic acids is 1. The van der Waals surface area contributed by atoms with Crippen molar-refractivity contribution in [1.82, 2.24) is 5.32 Å². The summed E-state index contributed by atoms with van der Waals surface area (Å²) < 4.78 is 52.8. The normalized spacial score (nSPS) is 45.0. The van der Waals surface area contributed by atoms with E-state index in [-0.39, 0.29) is 13.0 Å². The van der Waals surface area contributed by atoms with Gasteiger partial charge in [0.05, 0.1) is 49.1 Å². The summed E-state index contributed by atoms with van der Waals surface area (Å²) in [4.78, 5) is 12.6. The van der Waals surface area contributed by atoms with Gasteiger partial charge in [0, 0.05) is 7.11 Å². The SMILES string of the molecule is CO[C@H]1[C@H](O[C@@H]2[C@@H](O)[C@H](C)O[C@@H](O[C@@H]3[C@@H](O)[C@H](C)O[C@@H](O[C@H]4[C@H](OCc5ccccc5)O[C@@H](C)[C@H](O)[C@H]4O)[C@@H]3O)[C@@H]2O)O[C@H](C)[C@@H](NC(=O)CC(C)(C)O)[C@@H]1O. The first-order valence-electron chi connectivity index (χ1n) is 18.9. The molecule has 1 amide bonds. The molecule has 1 aromatic carbocycles. The van der Waals surface area contributed by atoms with E-state index in [2.05, 4.69) is 5.32 Å². The molecular weight excluding hydrogens is 746 g/mol. The number of nitrogens with one attached hydrogen (secondary N) is 1. The third-order valence-electron chi connectivity index (χ3n) is 10.5. The number of amides is 1. The predicted octanol–water partition coefficient (Wildman–Crippen LogP) is -2.47. The molecule has 19 nitrogen and oxygen atoms in total. The Bertz CT molecular complexity index is 1390. The van der Waals surface area contributed by atoms with Crippen LogP contribution in [0.2, 0.25) is 0 Å². The van der Waals surface area contributed by atoms with Crippen molar-refractivity contribution in [3.63, 3.8) is 0 Å². The number of ether oxygens (including phenoxy) is 9. The van der Waals surface area contributed by atoms with E-state index in [1.165, 1.54) is 34.8 Å². The Morgan fingerprint density at radius 3 is 1.64 bits per heavy atom. The smallest absolute Gasteiger partial charge is 0.223 e. The first-order valence-corrected chi connectivity index (χ1v) is 18.9. The average Bonchev–Trinajstić information content (AvgIpc) is 3.13. The topological polar surface area (TPSA) is 274 Å². The Labute approximate surface area is 325 Å². The molecule has 0 radical (unpaired) electrons. The molecule has 1 aromatic rings. The molecule has 4 fully saturated rings. The van der Waals surface area contributed by atoms with E-state index < -0.39 is 134 Å². The van der Waals surface area contributed by atoms with Crippen LogP contribution in [0, 0.1) is 0 Å². The second kappa shape index (κ2) is 18.9. The summed E-state index contributed by atoms with van der Waals surface area (Å²) in [5, 5.41) is 90.8. The minimum atomic E-state index is -1.78. The third kappa shape index (κ3) is 10.4. The maximum atomic E-state index is 12.6. The van der Waals surface area contributed by atoms with Crippen LogP contribution in [-0.2, 0) is 54.0 Å². The van der Waals surface area contributed by atoms with Gasteiger partial charge in [0.25, 0.3) is 0 Å². The largest absolute Gasteiger partial charge is 0.390 e. The highest BCUT2D eigenvalue weighted by atomic mass is 16.8. The Morgan fingerprint density at radius 1 is 0.625 bits per heavy atom.